The van der Waals surface area contributed by atoms with Crippen LogP contribution in [0.5, 0.6) is 0 Å². The lowest BCUT2D eigenvalue weighted by Crippen LogP contribution is -2.26. The molecule has 0 aliphatic carbocycles. The van der Waals surface area contributed by atoms with Crippen molar-refractivity contribution in [2.45, 2.75) is 18.9 Å². The summed E-state index contributed by atoms with van der Waals surface area (Å²) in [4.78, 5) is 4.40. The lowest BCUT2D eigenvalue weighted by Gasteiger charge is -2.21. The molecule has 4 nitrogen and oxygen atoms in total. The fourth-order valence-electron chi connectivity index (χ4n) is 1.96. The van der Waals surface area contributed by atoms with Gasteiger partial charge in [-0.05, 0) is 19.1 Å². The van der Waals surface area contributed by atoms with Gasteiger partial charge in [0.1, 0.15) is 11.4 Å². The number of benzene rings is 1. The molecular formula is C12H16N2O2. The van der Waals surface area contributed by atoms with Gasteiger partial charge in [-0.1, -0.05) is 12.1 Å². The number of hydrogen-bond acceptors (Lipinski definition) is 3. The molecule has 2 aromatic rings. The van der Waals surface area contributed by atoms with Crippen LogP contribution in [0.1, 0.15) is 19.2 Å². The summed E-state index contributed by atoms with van der Waals surface area (Å²) in [5, 5.41) is 19.2. The van der Waals surface area contributed by atoms with Gasteiger partial charge in [0, 0.05) is 20.1 Å². The number of rotatable bonds is 3. The van der Waals surface area contributed by atoms with Crippen molar-refractivity contribution >= 4 is 11.0 Å². The predicted molar refractivity (Wildman–Crippen MR) is 62.0 cm³/mol. The van der Waals surface area contributed by atoms with Crippen molar-refractivity contribution < 1.29 is 10.2 Å². The van der Waals surface area contributed by atoms with E-state index in [2.05, 4.69) is 4.98 Å². The standard InChI is InChI=1S/C12H16N2O2/c1-12(16,7-8-15)11-13-9-5-3-4-6-10(9)14(11)2/h3-6,15-16H,7-8H2,1-2H3. The number of fused-ring (bicyclic) bond motifs is 1. The highest BCUT2D eigenvalue weighted by Crippen LogP contribution is 2.26. The lowest BCUT2D eigenvalue weighted by atomic mass is 10.0. The fourth-order valence-corrected chi connectivity index (χ4v) is 1.96. The molecule has 2 rings (SSSR count). The van der Waals surface area contributed by atoms with Crippen LogP contribution in [0.25, 0.3) is 11.0 Å². The lowest BCUT2D eigenvalue weighted by molar-refractivity contribution is 0.0196. The van der Waals surface area contributed by atoms with Crippen molar-refractivity contribution in [3.05, 3.63) is 30.1 Å². The number of aliphatic hydroxyl groups is 2. The van der Waals surface area contributed by atoms with Crippen LogP contribution < -0.4 is 0 Å². The summed E-state index contributed by atoms with van der Waals surface area (Å²) >= 11 is 0. The Morgan fingerprint density at radius 1 is 1.38 bits per heavy atom. The summed E-state index contributed by atoms with van der Waals surface area (Å²) in [7, 11) is 1.87. The minimum Gasteiger partial charge on any atom is -0.396 e. The topological polar surface area (TPSA) is 58.3 Å². The van der Waals surface area contributed by atoms with Gasteiger partial charge < -0.3 is 14.8 Å². The number of nitrogens with zero attached hydrogens (tertiary/aromatic N) is 2. The maximum atomic E-state index is 10.2. The zero-order valence-corrected chi connectivity index (χ0v) is 9.51. The predicted octanol–water partition coefficient (Wildman–Crippen LogP) is 1.16. The molecule has 0 radical (unpaired) electrons. The monoisotopic (exact) mass is 220 g/mol. The Bertz CT molecular complexity index is 503. The Morgan fingerprint density at radius 2 is 2.06 bits per heavy atom. The van der Waals surface area contributed by atoms with Crippen LogP contribution in [0.3, 0.4) is 0 Å². The zero-order valence-electron chi connectivity index (χ0n) is 9.51. The Balaban J connectivity index is 2.57. The highest BCUT2D eigenvalue weighted by Gasteiger charge is 2.28. The molecule has 0 fully saturated rings. The van der Waals surface area contributed by atoms with Gasteiger partial charge in [-0.25, -0.2) is 4.98 Å². The highest BCUT2D eigenvalue weighted by atomic mass is 16.3. The van der Waals surface area contributed by atoms with Crippen LogP contribution in [-0.2, 0) is 12.6 Å². The van der Waals surface area contributed by atoms with E-state index in [1.165, 1.54) is 0 Å². The van der Waals surface area contributed by atoms with E-state index in [4.69, 9.17) is 5.11 Å². The third-order valence-corrected chi connectivity index (χ3v) is 2.87. The quantitative estimate of drug-likeness (QED) is 0.816. The van der Waals surface area contributed by atoms with Gasteiger partial charge in [-0.15, -0.1) is 0 Å². The number of aliphatic hydroxyl groups excluding tert-OH is 1. The number of hydrogen-bond donors (Lipinski definition) is 2. The SMILES string of the molecule is Cn1c(C(C)(O)CCO)nc2ccccc21. The fraction of sp³-hybridized carbons (Fsp3) is 0.417. The summed E-state index contributed by atoms with van der Waals surface area (Å²) < 4.78 is 1.87. The second-order valence-corrected chi connectivity index (χ2v) is 4.23. The third kappa shape index (κ3) is 1.70. The number of aryl methyl sites for hydroxylation is 1. The molecule has 1 aromatic carbocycles. The number of imidazole rings is 1. The molecule has 0 spiro atoms. The van der Waals surface area contributed by atoms with Crippen LogP contribution in [0.15, 0.2) is 24.3 Å². The molecule has 0 aliphatic heterocycles. The van der Waals surface area contributed by atoms with Crippen LogP contribution >= 0.6 is 0 Å². The summed E-state index contributed by atoms with van der Waals surface area (Å²) in [5.41, 5.74) is 0.747. The summed E-state index contributed by atoms with van der Waals surface area (Å²) in [6.45, 7) is 1.61. The van der Waals surface area contributed by atoms with E-state index in [1.54, 1.807) is 6.92 Å². The molecule has 0 bridgehead atoms. The van der Waals surface area contributed by atoms with E-state index in [9.17, 15) is 5.11 Å². The molecule has 0 amide bonds. The molecule has 1 unspecified atom stereocenters. The van der Waals surface area contributed by atoms with Gasteiger partial charge >= 0.3 is 0 Å². The second-order valence-electron chi connectivity index (χ2n) is 4.23. The number of aromatic nitrogens is 2. The molecular weight excluding hydrogens is 204 g/mol. The van der Waals surface area contributed by atoms with E-state index < -0.39 is 5.60 Å². The first-order valence-electron chi connectivity index (χ1n) is 5.31. The first-order chi connectivity index (χ1) is 7.56. The minimum absolute atomic E-state index is 0.0593. The highest BCUT2D eigenvalue weighted by molar-refractivity contribution is 5.75. The van der Waals surface area contributed by atoms with Gasteiger partial charge in [-0.3, -0.25) is 0 Å². The maximum absolute atomic E-state index is 10.2. The minimum atomic E-state index is -1.09. The van der Waals surface area contributed by atoms with Crippen molar-refractivity contribution in [2.75, 3.05) is 6.61 Å². The van der Waals surface area contributed by atoms with Gasteiger partial charge in [-0.2, -0.15) is 0 Å². The van der Waals surface area contributed by atoms with Crippen LogP contribution in [-0.4, -0.2) is 26.4 Å². The van der Waals surface area contributed by atoms with Crippen molar-refractivity contribution in [3.63, 3.8) is 0 Å². The average Bonchev–Trinajstić information content (AvgIpc) is 2.58. The molecule has 1 atom stereocenters. The van der Waals surface area contributed by atoms with Crippen molar-refractivity contribution in [3.8, 4) is 0 Å². The molecule has 1 aromatic heterocycles. The number of para-hydroxylation sites is 2. The van der Waals surface area contributed by atoms with Gasteiger partial charge in [0.15, 0.2) is 0 Å². The largest absolute Gasteiger partial charge is 0.396 e. The molecule has 0 saturated heterocycles. The van der Waals surface area contributed by atoms with Crippen LogP contribution in [0.2, 0.25) is 0 Å². The van der Waals surface area contributed by atoms with Crippen LogP contribution in [0.4, 0.5) is 0 Å². The molecule has 2 N–H and O–H groups in total. The van der Waals surface area contributed by atoms with E-state index in [0.717, 1.165) is 11.0 Å². The van der Waals surface area contributed by atoms with Gasteiger partial charge in [0.2, 0.25) is 0 Å². The third-order valence-electron chi connectivity index (χ3n) is 2.87. The van der Waals surface area contributed by atoms with Crippen molar-refractivity contribution in [2.24, 2.45) is 7.05 Å². The van der Waals surface area contributed by atoms with Gasteiger partial charge in [0.05, 0.1) is 11.0 Å². The summed E-state index contributed by atoms with van der Waals surface area (Å²) in [6, 6.07) is 7.73. The normalized spacial score (nSPS) is 15.2. The summed E-state index contributed by atoms with van der Waals surface area (Å²) in [5.74, 6) is 0.586. The average molecular weight is 220 g/mol. The van der Waals surface area contributed by atoms with Crippen molar-refractivity contribution in [1.29, 1.82) is 0 Å². The molecule has 86 valence electrons. The smallest absolute Gasteiger partial charge is 0.141 e. The first-order valence-corrected chi connectivity index (χ1v) is 5.31. The van der Waals surface area contributed by atoms with Crippen LogP contribution in [0, 0.1) is 0 Å². The molecule has 16 heavy (non-hydrogen) atoms. The molecule has 4 heteroatoms. The Morgan fingerprint density at radius 3 is 2.69 bits per heavy atom. The first kappa shape index (κ1) is 11.1. The molecule has 1 heterocycles. The van der Waals surface area contributed by atoms with E-state index in [-0.39, 0.29) is 13.0 Å². The Hall–Kier alpha value is -1.39. The summed E-state index contributed by atoms with van der Waals surface area (Å²) in [6.07, 6.45) is 0.282. The van der Waals surface area contributed by atoms with E-state index in [1.807, 2.05) is 35.9 Å². The van der Waals surface area contributed by atoms with Gasteiger partial charge in [0.25, 0.3) is 0 Å². The van der Waals surface area contributed by atoms with Crippen molar-refractivity contribution in [1.82, 2.24) is 9.55 Å². The molecule has 0 aliphatic rings. The maximum Gasteiger partial charge on any atom is 0.141 e. The Kier molecular flexibility index (Phi) is 2.69. The van der Waals surface area contributed by atoms with E-state index >= 15 is 0 Å². The second kappa shape index (κ2) is 3.88. The van der Waals surface area contributed by atoms with E-state index in [0.29, 0.717) is 5.82 Å². The molecule has 0 saturated carbocycles. The Labute approximate surface area is 94.2 Å². The zero-order chi connectivity index (χ0) is 11.8.